The van der Waals surface area contributed by atoms with E-state index < -0.39 is 0 Å². The van der Waals surface area contributed by atoms with Crippen LogP contribution in [0, 0.1) is 5.92 Å². The Labute approximate surface area is 120 Å². The van der Waals surface area contributed by atoms with Crippen LogP contribution in [0.5, 0.6) is 0 Å². The monoisotopic (exact) mass is 331 g/mol. The summed E-state index contributed by atoms with van der Waals surface area (Å²) < 4.78 is 1.05. The van der Waals surface area contributed by atoms with Crippen LogP contribution in [0.1, 0.15) is 37.0 Å². The van der Waals surface area contributed by atoms with Crippen LogP contribution in [0.4, 0.5) is 0 Å². The van der Waals surface area contributed by atoms with E-state index in [2.05, 4.69) is 21.2 Å². The third kappa shape index (κ3) is 3.56. The predicted octanol–water partition coefficient (Wildman–Crippen LogP) is 2.89. The fraction of sp³-hybridized carbons (Fsp3) is 0.615. The third-order valence-corrected chi connectivity index (χ3v) is 5.18. The number of carbonyl (C=O) groups is 1. The molecule has 0 aliphatic heterocycles. The molecule has 1 aliphatic carbocycles. The van der Waals surface area contributed by atoms with Gasteiger partial charge in [-0.25, -0.2) is 0 Å². The highest BCUT2D eigenvalue weighted by Crippen LogP contribution is 2.34. The molecule has 2 atom stereocenters. The van der Waals surface area contributed by atoms with Gasteiger partial charge in [0.2, 0.25) is 5.91 Å². The Balaban J connectivity index is 1.93. The summed E-state index contributed by atoms with van der Waals surface area (Å²) >= 11 is 5.01. The molecule has 1 saturated carbocycles. The largest absolute Gasteiger partial charge is 0.396 e. The molecule has 2 unspecified atom stereocenters. The molecule has 0 aromatic carbocycles. The summed E-state index contributed by atoms with van der Waals surface area (Å²) in [4.78, 5) is 13.2. The second kappa shape index (κ2) is 6.17. The van der Waals surface area contributed by atoms with E-state index in [4.69, 9.17) is 5.11 Å². The van der Waals surface area contributed by atoms with Crippen molar-refractivity contribution in [2.75, 3.05) is 6.61 Å². The summed E-state index contributed by atoms with van der Waals surface area (Å²) in [6.07, 6.45) is 3.00. The highest BCUT2D eigenvalue weighted by molar-refractivity contribution is 9.11. The Hall–Kier alpha value is -0.390. The smallest absolute Gasteiger partial charge is 0.228 e. The minimum Gasteiger partial charge on any atom is -0.396 e. The van der Waals surface area contributed by atoms with Gasteiger partial charge in [0.1, 0.15) is 0 Å². The van der Waals surface area contributed by atoms with Crippen molar-refractivity contribution in [1.29, 1.82) is 0 Å². The van der Waals surface area contributed by atoms with Crippen molar-refractivity contribution >= 4 is 33.2 Å². The van der Waals surface area contributed by atoms with Crippen LogP contribution in [0.25, 0.3) is 0 Å². The molecule has 1 aliphatic rings. The van der Waals surface area contributed by atoms with Gasteiger partial charge < -0.3 is 10.4 Å². The number of carbonyl (C=O) groups excluding carboxylic acids is 1. The Morgan fingerprint density at radius 3 is 2.83 bits per heavy atom. The Morgan fingerprint density at radius 2 is 2.33 bits per heavy atom. The molecule has 1 fully saturated rings. The van der Waals surface area contributed by atoms with Gasteiger partial charge >= 0.3 is 0 Å². The zero-order chi connectivity index (χ0) is 13.1. The fourth-order valence-corrected chi connectivity index (χ4v) is 3.54. The molecule has 1 aromatic rings. The van der Waals surface area contributed by atoms with Crippen LogP contribution in [0.3, 0.4) is 0 Å². The number of rotatable bonds is 6. The van der Waals surface area contributed by atoms with Gasteiger partial charge in [-0.3, -0.25) is 4.79 Å². The number of aliphatic hydroxyl groups is 1. The van der Waals surface area contributed by atoms with Crippen LogP contribution in [0.15, 0.2) is 15.9 Å². The summed E-state index contributed by atoms with van der Waals surface area (Å²) in [7, 11) is 0. The zero-order valence-corrected chi connectivity index (χ0v) is 12.8. The lowest BCUT2D eigenvalue weighted by atomic mass is 10.1. The lowest BCUT2D eigenvalue weighted by Crippen LogP contribution is -2.39. The van der Waals surface area contributed by atoms with Gasteiger partial charge in [-0.1, -0.05) is 0 Å². The maximum absolute atomic E-state index is 12.2. The Bertz CT molecular complexity index is 417. The van der Waals surface area contributed by atoms with E-state index in [0.717, 1.165) is 8.66 Å². The summed E-state index contributed by atoms with van der Waals surface area (Å²) in [6.45, 7) is 2.07. The molecule has 100 valence electrons. The van der Waals surface area contributed by atoms with Crippen molar-refractivity contribution in [3.05, 3.63) is 20.8 Å². The first kappa shape index (κ1) is 14.0. The van der Waals surface area contributed by atoms with Gasteiger partial charge in [-0.15, -0.1) is 11.3 Å². The van der Waals surface area contributed by atoms with E-state index in [0.29, 0.717) is 12.3 Å². The molecule has 0 bridgehead atoms. The molecular formula is C13H18BrNO2S. The zero-order valence-electron chi connectivity index (χ0n) is 10.4. The van der Waals surface area contributed by atoms with E-state index in [1.165, 1.54) is 12.8 Å². The second-order valence-corrected chi connectivity index (χ2v) is 7.32. The maximum Gasteiger partial charge on any atom is 0.228 e. The van der Waals surface area contributed by atoms with Gasteiger partial charge in [0.25, 0.3) is 0 Å². The van der Waals surface area contributed by atoms with Crippen LogP contribution < -0.4 is 5.32 Å². The third-order valence-electron chi connectivity index (χ3n) is 3.37. The number of aliphatic hydroxyl groups excluding tert-OH is 1. The van der Waals surface area contributed by atoms with Crippen LogP contribution in [-0.2, 0) is 4.79 Å². The summed E-state index contributed by atoms with van der Waals surface area (Å²) in [6, 6.07) is 4.10. The number of nitrogens with one attached hydrogen (secondary N) is 1. The highest BCUT2D eigenvalue weighted by Gasteiger charge is 2.32. The number of amides is 1. The summed E-state index contributed by atoms with van der Waals surface area (Å²) in [5.41, 5.74) is 0. The van der Waals surface area contributed by atoms with Crippen molar-refractivity contribution in [2.24, 2.45) is 5.92 Å². The quantitative estimate of drug-likeness (QED) is 0.842. The molecule has 1 heterocycles. The first-order valence-corrected chi connectivity index (χ1v) is 7.89. The molecule has 1 amide bonds. The normalized spacial score (nSPS) is 18.4. The summed E-state index contributed by atoms with van der Waals surface area (Å²) in [5, 5.41) is 12.1. The first-order chi connectivity index (χ1) is 8.61. The Morgan fingerprint density at radius 1 is 1.61 bits per heavy atom. The molecule has 0 radical (unpaired) electrons. The van der Waals surface area contributed by atoms with Gasteiger partial charge in [0.05, 0.1) is 9.70 Å². The topological polar surface area (TPSA) is 49.3 Å². The standard InChI is InChI=1S/C13H18BrNO2S/c1-8(11-4-5-12(14)18-11)13(17)15-10(6-7-16)9-2-3-9/h4-5,8-10,16H,2-3,6-7H2,1H3,(H,15,17). The van der Waals surface area contributed by atoms with Gasteiger partial charge in [0, 0.05) is 17.5 Å². The van der Waals surface area contributed by atoms with Crippen molar-refractivity contribution in [3.8, 4) is 0 Å². The average molecular weight is 332 g/mol. The van der Waals surface area contributed by atoms with Crippen molar-refractivity contribution < 1.29 is 9.90 Å². The molecule has 1 aromatic heterocycles. The maximum atomic E-state index is 12.2. The van der Waals surface area contributed by atoms with Crippen LogP contribution in [0.2, 0.25) is 0 Å². The van der Waals surface area contributed by atoms with Crippen LogP contribution in [-0.4, -0.2) is 23.7 Å². The number of halogens is 1. The Kier molecular flexibility index (Phi) is 4.81. The number of hydrogen-bond acceptors (Lipinski definition) is 3. The highest BCUT2D eigenvalue weighted by atomic mass is 79.9. The lowest BCUT2D eigenvalue weighted by molar-refractivity contribution is -0.123. The molecule has 18 heavy (non-hydrogen) atoms. The number of hydrogen-bond donors (Lipinski definition) is 2. The second-order valence-electron chi connectivity index (χ2n) is 4.83. The minimum atomic E-state index is -0.124. The molecule has 0 saturated heterocycles. The lowest BCUT2D eigenvalue weighted by Gasteiger charge is -2.19. The first-order valence-electron chi connectivity index (χ1n) is 6.28. The van der Waals surface area contributed by atoms with Gasteiger partial charge in [-0.05, 0) is 60.2 Å². The van der Waals surface area contributed by atoms with Crippen molar-refractivity contribution in [2.45, 2.75) is 38.1 Å². The van der Waals surface area contributed by atoms with Crippen molar-refractivity contribution in [1.82, 2.24) is 5.32 Å². The van der Waals surface area contributed by atoms with Crippen molar-refractivity contribution in [3.63, 3.8) is 0 Å². The molecule has 2 rings (SSSR count). The molecule has 2 N–H and O–H groups in total. The van der Waals surface area contributed by atoms with Gasteiger partial charge in [0.15, 0.2) is 0 Å². The molecule has 5 heteroatoms. The number of thiophene rings is 1. The van der Waals surface area contributed by atoms with Gasteiger partial charge in [-0.2, -0.15) is 0 Å². The summed E-state index contributed by atoms with van der Waals surface area (Å²) in [5.74, 6) is 0.513. The van der Waals surface area contributed by atoms with E-state index in [9.17, 15) is 4.79 Å². The SMILES string of the molecule is CC(C(=O)NC(CCO)C1CC1)c1ccc(Br)s1. The molecular weight excluding hydrogens is 314 g/mol. The predicted molar refractivity (Wildman–Crippen MR) is 76.8 cm³/mol. The molecule has 0 spiro atoms. The molecule has 3 nitrogen and oxygen atoms in total. The fourth-order valence-electron chi connectivity index (χ4n) is 2.06. The van der Waals surface area contributed by atoms with E-state index in [1.54, 1.807) is 11.3 Å². The van der Waals surface area contributed by atoms with E-state index >= 15 is 0 Å². The van der Waals surface area contributed by atoms with E-state index in [1.807, 2.05) is 19.1 Å². The minimum absolute atomic E-state index is 0.0645. The van der Waals surface area contributed by atoms with Crippen LogP contribution >= 0.6 is 27.3 Å². The average Bonchev–Trinajstić information content (AvgIpc) is 3.10. The van der Waals surface area contributed by atoms with E-state index in [-0.39, 0.29) is 24.5 Å².